The average Bonchev–Trinajstić information content (AvgIpc) is 2.80. The molecule has 0 aromatic heterocycles. The van der Waals surface area contributed by atoms with Crippen molar-refractivity contribution >= 4 is 17.5 Å². The molecule has 0 radical (unpaired) electrons. The van der Waals surface area contributed by atoms with Crippen molar-refractivity contribution in [1.29, 1.82) is 0 Å². The summed E-state index contributed by atoms with van der Waals surface area (Å²) < 4.78 is 24.2. The Balaban J connectivity index is 1.55. The summed E-state index contributed by atoms with van der Waals surface area (Å²) in [4.78, 5) is 27.9. The van der Waals surface area contributed by atoms with Gasteiger partial charge in [-0.25, -0.2) is 4.39 Å². The van der Waals surface area contributed by atoms with Crippen molar-refractivity contribution in [3.05, 3.63) is 65.5 Å². The average molecular weight is 412 g/mol. The van der Waals surface area contributed by atoms with Crippen LogP contribution in [-0.2, 0) is 19.7 Å². The van der Waals surface area contributed by atoms with E-state index in [1.165, 1.54) is 12.1 Å². The van der Waals surface area contributed by atoms with Gasteiger partial charge in [0.25, 0.3) is 5.91 Å². The van der Waals surface area contributed by atoms with Crippen molar-refractivity contribution in [2.24, 2.45) is 0 Å². The molecule has 0 bridgehead atoms. The predicted molar refractivity (Wildman–Crippen MR) is 110 cm³/mol. The first kappa shape index (κ1) is 20.5. The Morgan fingerprint density at radius 1 is 0.933 bits per heavy atom. The normalized spacial score (nSPS) is 18.6. The Kier molecular flexibility index (Phi) is 6.11. The maximum Gasteiger partial charge on any atom is 0.254 e. The number of carbonyl (C=O) groups excluding carboxylic acids is 2. The lowest BCUT2D eigenvalue weighted by Gasteiger charge is -2.36. The lowest BCUT2D eigenvalue weighted by Crippen LogP contribution is -2.45. The zero-order chi connectivity index (χ0) is 21.0. The third kappa shape index (κ3) is 4.22. The van der Waals surface area contributed by atoms with Gasteiger partial charge in [0.15, 0.2) is 0 Å². The fourth-order valence-electron chi connectivity index (χ4n) is 4.07. The fourth-order valence-corrected chi connectivity index (χ4v) is 4.07. The van der Waals surface area contributed by atoms with Gasteiger partial charge >= 0.3 is 0 Å². The summed E-state index contributed by atoms with van der Waals surface area (Å²) in [7, 11) is 0. The fraction of sp³-hybridized carbons (Fsp3) is 0.391. The van der Waals surface area contributed by atoms with E-state index in [-0.39, 0.29) is 17.6 Å². The van der Waals surface area contributed by atoms with E-state index in [2.05, 4.69) is 5.32 Å². The molecule has 2 amide bonds. The van der Waals surface area contributed by atoms with Gasteiger partial charge in [-0.2, -0.15) is 0 Å². The summed E-state index contributed by atoms with van der Waals surface area (Å²) in [5, 5.41) is 2.98. The molecule has 7 heteroatoms. The third-order valence-electron chi connectivity index (χ3n) is 5.84. The highest BCUT2D eigenvalue weighted by Crippen LogP contribution is 2.36. The standard InChI is InChI=1S/C23H25FN2O4/c24-19-6-4-18(5-7-19)23(8-12-29-13-9-23)22(28)25-20-3-1-2-17(16-20)21(27)26-10-14-30-15-11-26/h1-7,16H,8-15H2,(H,25,28). The molecule has 0 saturated carbocycles. The van der Waals surface area contributed by atoms with E-state index in [1.807, 2.05) is 0 Å². The highest BCUT2D eigenvalue weighted by molar-refractivity contribution is 6.01. The first-order valence-corrected chi connectivity index (χ1v) is 10.2. The number of nitrogens with zero attached hydrogens (tertiary/aromatic N) is 1. The number of nitrogens with one attached hydrogen (secondary N) is 1. The molecule has 6 nitrogen and oxygen atoms in total. The topological polar surface area (TPSA) is 67.9 Å². The first-order valence-electron chi connectivity index (χ1n) is 10.2. The second-order valence-electron chi connectivity index (χ2n) is 7.64. The molecule has 2 aromatic carbocycles. The lowest BCUT2D eigenvalue weighted by molar-refractivity contribution is -0.125. The minimum Gasteiger partial charge on any atom is -0.381 e. The zero-order valence-corrected chi connectivity index (χ0v) is 16.7. The van der Waals surface area contributed by atoms with Crippen LogP contribution >= 0.6 is 0 Å². The molecule has 0 unspecified atom stereocenters. The lowest BCUT2D eigenvalue weighted by atomic mass is 9.73. The summed E-state index contributed by atoms with van der Waals surface area (Å²) >= 11 is 0. The van der Waals surface area contributed by atoms with Crippen molar-refractivity contribution in [3.63, 3.8) is 0 Å². The van der Waals surface area contributed by atoms with E-state index in [9.17, 15) is 14.0 Å². The molecule has 1 N–H and O–H groups in total. The molecule has 2 heterocycles. The van der Waals surface area contributed by atoms with Gasteiger partial charge in [-0.15, -0.1) is 0 Å². The second kappa shape index (κ2) is 8.93. The third-order valence-corrected chi connectivity index (χ3v) is 5.84. The predicted octanol–water partition coefficient (Wildman–Crippen LogP) is 2.99. The van der Waals surface area contributed by atoms with Crippen LogP contribution in [0.5, 0.6) is 0 Å². The molecular formula is C23H25FN2O4. The molecule has 158 valence electrons. The first-order chi connectivity index (χ1) is 14.6. The second-order valence-corrected chi connectivity index (χ2v) is 7.64. The Morgan fingerprint density at radius 3 is 2.30 bits per heavy atom. The quantitative estimate of drug-likeness (QED) is 0.838. The zero-order valence-electron chi connectivity index (χ0n) is 16.7. The van der Waals surface area contributed by atoms with E-state index in [0.29, 0.717) is 63.6 Å². The maximum atomic E-state index is 13.4. The summed E-state index contributed by atoms with van der Waals surface area (Å²) in [6.45, 7) is 3.10. The number of rotatable bonds is 4. The van der Waals surface area contributed by atoms with Gasteiger partial charge in [-0.05, 0) is 48.7 Å². The van der Waals surface area contributed by atoms with E-state index < -0.39 is 5.41 Å². The number of ether oxygens (including phenoxy) is 2. The Hall–Kier alpha value is -2.77. The molecule has 0 atom stereocenters. The van der Waals surface area contributed by atoms with E-state index in [4.69, 9.17) is 9.47 Å². The van der Waals surface area contributed by atoms with Crippen molar-refractivity contribution in [2.45, 2.75) is 18.3 Å². The van der Waals surface area contributed by atoms with Gasteiger partial charge in [0, 0.05) is 37.6 Å². The molecule has 2 fully saturated rings. The molecule has 30 heavy (non-hydrogen) atoms. The van der Waals surface area contributed by atoms with Gasteiger partial charge in [-0.1, -0.05) is 18.2 Å². The number of carbonyl (C=O) groups is 2. The van der Waals surface area contributed by atoms with Crippen LogP contribution in [-0.4, -0.2) is 56.2 Å². The largest absolute Gasteiger partial charge is 0.381 e. The van der Waals surface area contributed by atoms with Gasteiger partial charge < -0.3 is 19.7 Å². The van der Waals surface area contributed by atoms with E-state index in [0.717, 1.165) is 5.56 Å². The van der Waals surface area contributed by atoms with Crippen LogP contribution in [0, 0.1) is 5.82 Å². The molecular weight excluding hydrogens is 387 g/mol. The van der Waals surface area contributed by atoms with Crippen molar-refractivity contribution in [3.8, 4) is 0 Å². The van der Waals surface area contributed by atoms with Crippen LogP contribution < -0.4 is 5.32 Å². The number of hydrogen-bond donors (Lipinski definition) is 1. The van der Waals surface area contributed by atoms with Crippen LogP contribution in [0.25, 0.3) is 0 Å². The highest BCUT2D eigenvalue weighted by Gasteiger charge is 2.41. The molecule has 4 rings (SSSR count). The van der Waals surface area contributed by atoms with E-state index in [1.54, 1.807) is 41.3 Å². The maximum absolute atomic E-state index is 13.4. The number of benzene rings is 2. The van der Waals surface area contributed by atoms with Crippen LogP contribution in [0.4, 0.5) is 10.1 Å². The number of morpholine rings is 1. The number of anilines is 1. The van der Waals surface area contributed by atoms with Gasteiger partial charge in [0.05, 0.1) is 18.6 Å². The number of halogens is 1. The van der Waals surface area contributed by atoms with Crippen LogP contribution in [0.3, 0.4) is 0 Å². The van der Waals surface area contributed by atoms with Gasteiger partial charge in [0.1, 0.15) is 5.82 Å². The molecule has 2 aromatic rings. The SMILES string of the molecule is O=C(c1cccc(NC(=O)C2(c3ccc(F)cc3)CCOCC2)c1)N1CCOCC1. The Morgan fingerprint density at radius 2 is 1.60 bits per heavy atom. The Labute approximate surface area is 175 Å². The smallest absolute Gasteiger partial charge is 0.254 e. The minimum atomic E-state index is -0.795. The van der Waals surface area contributed by atoms with Crippen LogP contribution in [0.1, 0.15) is 28.8 Å². The minimum absolute atomic E-state index is 0.0753. The number of amides is 2. The van der Waals surface area contributed by atoms with Crippen molar-refractivity contribution in [2.75, 3.05) is 44.8 Å². The number of hydrogen-bond acceptors (Lipinski definition) is 4. The van der Waals surface area contributed by atoms with Crippen LogP contribution in [0.2, 0.25) is 0 Å². The van der Waals surface area contributed by atoms with E-state index >= 15 is 0 Å². The molecule has 0 aliphatic carbocycles. The molecule has 2 saturated heterocycles. The molecule has 2 aliphatic rings. The summed E-state index contributed by atoms with van der Waals surface area (Å²) in [5.41, 5.74) is 1.06. The summed E-state index contributed by atoms with van der Waals surface area (Å²) in [6.07, 6.45) is 1.02. The molecule has 2 aliphatic heterocycles. The van der Waals surface area contributed by atoms with Gasteiger partial charge in [0.2, 0.25) is 5.91 Å². The van der Waals surface area contributed by atoms with Gasteiger partial charge in [-0.3, -0.25) is 9.59 Å². The summed E-state index contributed by atoms with van der Waals surface area (Å²) in [5.74, 6) is -0.585. The highest BCUT2D eigenvalue weighted by atomic mass is 19.1. The monoisotopic (exact) mass is 412 g/mol. The molecule has 0 spiro atoms. The van der Waals surface area contributed by atoms with Crippen LogP contribution in [0.15, 0.2) is 48.5 Å². The van der Waals surface area contributed by atoms with Crippen molar-refractivity contribution in [1.82, 2.24) is 4.90 Å². The van der Waals surface area contributed by atoms with Crippen molar-refractivity contribution < 1.29 is 23.5 Å². The Bertz CT molecular complexity index is 904. The summed E-state index contributed by atoms with van der Waals surface area (Å²) in [6, 6.07) is 13.1.